The average Bonchev–Trinajstić information content (AvgIpc) is 2.76. The number of amides is 1. The molecular formula is C14H21N3O2. The highest BCUT2D eigenvalue weighted by molar-refractivity contribution is 5.96. The number of aromatic nitrogens is 1. The second-order valence-corrected chi connectivity index (χ2v) is 5.04. The van der Waals surface area contributed by atoms with Gasteiger partial charge in [0.15, 0.2) is 5.76 Å². The fraction of sp³-hybridized carbons (Fsp3) is 0.643. The van der Waals surface area contributed by atoms with Crippen molar-refractivity contribution in [2.75, 3.05) is 13.1 Å². The third-order valence-electron chi connectivity index (χ3n) is 3.01. The van der Waals surface area contributed by atoms with Crippen LogP contribution in [-0.4, -0.2) is 29.1 Å². The lowest BCUT2D eigenvalue weighted by Crippen LogP contribution is -2.35. The lowest BCUT2D eigenvalue weighted by molar-refractivity contribution is 0.0749. The molecule has 104 valence electrons. The topological polar surface area (TPSA) is 70.1 Å². The van der Waals surface area contributed by atoms with Crippen LogP contribution in [0.3, 0.4) is 0 Å². The molecule has 0 aliphatic rings. The SMILES string of the molecule is CCN(CC(C)C#N)C(=O)c1c(C)noc1C(C)C. The Kier molecular flexibility index (Phi) is 5.11. The molecule has 0 aliphatic carbocycles. The molecule has 1 aromatic rings. The van der Waals surface area contributed by atoms with E-state index >= 15 is 0 Å². The maximum atomic E-state index is 12.6. The van der Waals surface area contributed by atoms with Crippen LogP contribution in [0.2, 0.25) is 0 Å². The first-order chi connectivity index (χ1) is 8.92. The second kappa shape index (κ2) is 6.37. The van der Waals surface area contributed by atoms with Gasteiger partial charge in [-0.2, -0.15) is 5.26 Å². The fourth-order valence-corrected chi connectivity index (χ4v) is 1.93. The summed E-state index contributed by atoms with van der Waals surface area (Å²) < 4.78 is 5.24. The largest absolute Gasteiger partial charge is 0.360 e. The van der Waals surface area contributed by atoms with Gasteiger partial charge in [-0.1, -0.05) is 19.0 Å². The first-order valence-electron chi connectivity index (χ1n) is 6.57. The minimum absolute atomic E-state index is 0.104. The molecule has 0 saturated carbocycles. The Bertz CT molecular complexity index is 485. The summed E-state index contributed by atoms with van der Waals surface area (Å²) in [7, 11) is 0. The minimum Gasteiger partial charge on any atom is -0.360 e. The number of nitrogens with zero attached hydrogens (tertiary/aromatic N) is 3. The van der Waals surface area contributed by atoms with E-state index in [1.165, 1.54) is 0 Å². The minimum atomic E-state index is -0.188. The zero-order valence-electron chi connectivity index (χ0n) is 12.2. The smallest absolute Gasteiger partial charge is 0.259 e. The highest BCUT2D eigenvalue weighted by Crippen LogP contribution is 2.23. The number of hydrogen-bond acceptors (Lipinski definition) is 4. The molecule has 1 heterocycles. The van der Waals surface area contributed by atoms with Crippen LogP contribution >= 0.6 is 0 Å². The van der Waals surface area contributed by atoms with Gasteiger partial charge in [0.25, 0.3) is 5.91 Å². The van der Waals surface area contributed by atoms with Gasteiger partial charge in [-0.3, -0.25) is 4.79 Å². The standard InChI is InChI=1S/C14H21N3O2/c1-6-17(8-10(4)7-15)14(18)12-11(5)16-19-13(12)9(2)3/h9-10H,6,8H2,1-5H3. The molecule has 0 aromatic carbocycles. The highest BCUT2D eigenvalue weighted by atomic mass is 16.5. The summed E-state index contributed by atoms with van der Waals surface area (Å²) in [6.07, 6.45) is 0. The number of aryl methyl sites for hydroxylation is 1. The van der Waals surface area contributed by atoms with Crippen LogP contribution in [0.4, 0.5) is 0 Å². The predicted octanol–water partition coefficient (Wildman–Crippen LogP) is 2.73. The van der Waals surface area contributed by atoms with Crippen LogP contribution in [0.5, 0.6) is 0 Å². The summed E-state index contributed by atoms with van der Waals surface area (Å²) in [6.45, 7) is 10.4. The lowest BCUT2D eigenvalue weighted by atomic mass is 10.0. The molecule has 1 rings (SSSR count). The van der Waals surface area contributed by atoms with Gasteiger partial charge in [-0.15, -0.1) is 0 Å². The van der Waals surface area contributed by atoms with Gasteiger partial charge in [-0.05, 0) is 20.8 Å². The molecule has 0 fully saturated rings. The zero-order valence-corrected chi connectivity index (χ0v) is 12.2. The van der Waals surface area contributed by atoms with Crippen molar-refractivity contribution < 1.29 is 9.32 Å². The van der Waals surface area contributed by atoms with Crippen molar-refractivity contribution >= 4 is 5.91 Å². The molecule has 1 amide bonds. The molecular weight excluding hydrogens is 242 g/mol. The van der Waals surface area contributed by atoms with Crippen molar-refractivity contribution in [2.24, 2.45) is 5.92 Å². The van der Waals surface area contributed by atoms with E-state index in [1.54, 1.807) is 18.7 Å². The molecule has 19 heavy (non-hydrogen) atoms. The van der Waals surface area contributed by atoms with E-state index in [4.69, 9.17) is 9.78 Å². The third kappa shape index (κ3) is 3.34. The Morgan fingerprint density at radius 3 is 2.58 bits per heavy atom. The summed E-state index contributed by atoms with van der Waals surface area (Å²) in [6, 6.07) is 2.15. The molecule has 0 N–H and O–H groups in total. The van der Waals surface area contributed by atoms with E-state index in [-0.39, 0.29) is 17.7 Å². The van der Waals surface area contributed by atoms with Gasteiger partial charge in [-0.25, -0.2) is 0 Å². The molecule has 1 aromatic heterocycles. The van der Waals surface area contributed by atoms with Crippen LogP contribution < -0.4 is 0 Å². The maximum Gasteiger partial charge on any atom is 0.259 e. The van der Waals surface area contributed by atoms with Gasteiger partial charge in [0.2, 0.25) is 0 Å². The second-order valence-electron chi connectivity index (χ2n) is 5.04. The Morgan fingerprint density at radius 1 is 1.47 bits per heavy atom. The van der Waals surface area contributed by atoms with E-state index < -0.39 is 0 Å². The van der Waals surface area contributed by atoms with Gasteiger partial charge < -0.3 is 9.42 Å². The summed E-state index contributed by atoms with van der Waals surface area (Å²) in [5.74, 6) is 0.427. The Hall–Kier alpha value is -1.83. The number of hydrogen-bond donors (Lipinski definition) is 0. The molecule has 0 aliphatic heterocycles. The Balaban J connectivity index is 3.04. The fourth-order valence-electron chi connectivity index (χ4n) is 1.93. The van der Waals surface area contributed by atoms with Crippen molar-refractivity contribution in [1.29, 1.82) is 5.26 Å². The number of rotatable bonds is 5. The van der Waals surface area contributed by atoms with E-state index in [1.807, 2.05) is 20.8 Å². The van der Waals surface area contributed by atoms with Gasteiger partial charge >= 0.3 is 0 Å². The first kappa shape index (κ1) is 15.2. The van der Waals surface area contributed by atoms with Gasteiger partial charge in [0.05, 0.1) is 17.7 Å². The van der Waals surface area contributed by atoms with Crippen molar-refractivity contribution in [3.05, 3.63) is 17.0 Å². The van der Waals surface area contributed by atoms with Crippen LogP contribution in [0.15, 0.2) is 4.52 Å². The Morgan fingerprint density at radius 2 is 2.11 bits per heavy atom. The van der Waals surface area contributed by atoms with Crippen molar-refractivity contribution in [1.82, 2.24) is 10.1 Å². The first-order valence-corrected chi connectivity index (χ1v) is 6.57. The normalized spacial score (nSPS) is 12.3. The molecule has 5 nitrogen and oxygen atoms in total. The van der Waals surface area contributed by atoms with Crippen LogP contribution in [-0.2, 0) is 0 Å². The molecule has 0 saturated heterocycles. The number of carbonyl (C=O) groups excluding carboxylic acids is 1. The summed E-state index contributed by atoms with van der Waals surface area (Å²) in [4.78, 5) is 14.2. The number of nitriles is 1. The molecule has 5 heteroatoms. The van der Waals surface area contributed by atoms with Crippen LogP contribution in [0.1, 0.15) is 55.4 Å². The predicted molar refractivity (Wildman–Crippen MR) is 71.7 cm³/mol. The average molecular weight is 263 g/mol. The molecule has 0 radical (unpaired) electrons. The van der Waals surface area contributed by atoms with E-state index in [0.717, 1.165) is 0 Å². The molecule has 1 atom stereocenters. The summed E-state index contributed by atoms with van der Waals surface area (Å²) >= 11 is 0. The van der Waals surface area contributed by atoms with Crippen molar-refractivity contribution in [3.63, 3.8) is 0 Å². The highest BCUT2D eigenvalue weighted by Gasteiger charge is 2.26. The molecule has 0 bridgehead atoms. The van der Waals surface area contributed by atoms with E-state index in [2.05, 4.69) is 11.2 Å². The van der Waals surface area contributed by atoms with Crippen molar-refractivity contribution in [3.8, 4) is 6.07 Å². The molecule has 1 unspecified atom stereocenters. The van der Waals surface area contributed by atoms with Crippen molar-refractivity contribution in [2.45, 2.75) is 40.5 Å². The lowest BCUT2D eigenvalue weighted by Gasteiger charge is -2.22. The monoisotopic (exact) mass is 263 g/mol. The van der Waals surface area contributed by atoms with Crippen LogP contribution in [0, 0.1) is 24.2 Å². The molecule has 0 spiro atoms. The maximum absolute atomic E-state index is 12.6. The zero-order chi connectivity index (χ0) is 14.6. The quantitative estimate of drug-likeness (QED) is 0.819. The van der Waals surface area contributed by atoms with Gasteiger partial charge in [0.1, 0.15) is 5.56 Å². The van der Waals surface area contributed by atoms with Crippen LogP contribution in [0.25, 0.3) is 0 Å². The van der Waals surface area contributed by atoms with E-state index in [0.29, 0.717) is 30.1 Å². The Labute approximate surface area is 114 Å². The van der Waals surface area contributed by atoms with Gasteiger partial charge in [0, 0.05) is 19.0 Å². The third-order valence-corrected chi connectivity index (χ3v) is 3.01. The van der Waals surface area contributed by atoms with E-state index in [9.17, 15) is 4.79 Å². The summed E-state index contributed by atoms with van der Waals surface area (Å²) in [5.41, 5.74) is 1.15. The number of carbonyl (C=O) groups is 1. The summed E-state index contributed by atoms with van der Waals surface area (Å²) in [5, 5.41) is 12.8.